The number of carboxylic acids is 1. The Kier molecular flexibility index (Phi) is 3.04. The van der Waals surface area contributed by atoms with Gasteiger partial charge in [-0.05, 0) is 37.5 Å². The number of carbonyl (C=O) groups is 1. The van der Waals surface area contributed by atoms with E-state index in [1.165, 1.54) is 6.33 Å². The first-order valence-corrected chi connectivity index (χ1v) is 6.81. The molecule has 5 nitrogen and oxygen atoms in total. The summed E-state index contributed by atoms with van der Waals surface area (Å²) in [5.74, 6) is 0.618. The van der Waals surface area contributed by atoms with Gasteiger partial charge in [-0.3, -0.25) is 0 Å². The Balaban J connectivity index is 2.10. The number of nitrogens with zero attached hydrogens (tertiary/aromatic N) is 3. The highest BCUT2D eigenvalue weighted by Crippen LogP contribution is 2.31. The van der Waals surface area contributed by atoms with Crippen molar-refractivity contribution in [2.24, 2.45) is 5.92 Å². The zero-order chi connectivity index (χ0) is 14.3. The van der Waals surface area contributed by atoms with E-state index < -0.39 is 5.97 Å². The Bertz CT molecular complexity index is 671. The molecule has 1 aromatic carbocycles. The molecule has 2 aromatic rings. The van der Waals surface area contributed by atoms with Crippen LogP contribution in [-0.2, 0) is 0 Å². The van der Waals surface area contributed by atoms with E-state index in [4.69, 9.17) is 5.11 Å². The predicted octanol–water partition coefficient (Wildman–Crippen LogP) is 2.56. The van der Waals surface area contributed by atoms with E-state index in [1.54, 1.807) is 12.1 Å². The Hall–Kier alpha value is -2.17. The zero-order valence-electron chi connectivity index (χ0n) is 11.6. The van der Waals surface area contributed by atoms with Crippen LogP contribution in [0.4, 0.5) is 5.82 Å². The van der Waals surface area contributed by atoms with E-state index in [1.807, 2.05) is 6.07 Å². The fourth-order valence-electron chi connectivity index (χ4n) is 3.00. The molecule has 1 aliphatic rings. The van der Waals surface area contributed by atoms with Gasteiger partial charge in [-0.25, -0.2) is 14.8 Å². The average molecular weight is 271 g/mol. The summed E-state index contributed by atoms with van der Waals surface area (Å²) in [4.78, 5) is 21.9. The van der Waals surface area contributed by atoms with Gasteiger partial charge in [-0.15, -0.1) is 0 Å². The van der Waals surface area contributed by atoms with E-state index in [9.17, 15) is 4.79 Å². The number of hydrogen-bond donors (Lipinski definition) is 1. The molecule has 0 bridgehead atoms. The molecular formula is C15H17N3O2. The largest absolute Gasteiger partial charge is 0.478 e. The van der Waals surface area contributed by atoms with Crippen LogP contribution >= 0.6 is 0 Å². The first-order chi connectivity index (χ1) is 9.56. The second-order valence-corrected chi connectivity index (χ2v) is 5.58. The SMILES string of the molecule is CC1CC(C)N(c2ncnc3cc(C(=O)O)ccc23)C1. The summed E-state index contributed by atoms with van der Waals surface area (Å²) < 4.78 is 0. The van der Waals surface area contributed by atoms with Gasteiger partial charge in [-0.1, -0.05) is 6.92 Å². The topological polar surface area (TPSA) is 66.3 Å². The number of carboxylic acid groups (broad SMARTS) is 1. The van der Waals surface area contributed by atoms with E-state index >= 15 is 0 Å². The summed E-state index contributed by atoms with van der Waals surface area (Å²) in [5.41, 5.74) is 0.937. The summed E-state index contributed by atoms with van der Waals surface area (Å²) in [6.07, 6.45) is 2.66. The van der Waals surface area contributed by atoms with Crippen LogP contribution in [0.15, 0.2) is 24.5 Å². The van der Waals surface area contributed by atoms with Crippen LogP contribution in [0.25, 0.3) is 10.9 Å². The number of benzene rings is 1. The van der Waals surface area contributed by atoms with E-state index in [0.29, 0.717) is 17.5 Å². The van der Waals surface area contributed by atoms with Crippen molar-refractivity contribution in [1.82, 2.24) is 9.97 Å². The van der Waals surface area contributed by atoms with Gasteiger partial charge in [0.05, 0.1) is 11.1 Å². The molecule has 20 heavy (non-hydrogen) atoms. The van der Waals surface area contributed by atoms with Crippen molar-refractivity contribution in [2.75, 3.05) is 11.4 Å². The van der Waals surface area contributed by atoms with Gasteiger partial charge in [0.1, 0.15) is 12.1 Å². The number of anilines is 1. The highest BCUT2D eigenvalue weighted by molar-refractivity contribution is 5.96. The summed E-state index contributed by atoms with van der Waals surface area (Å²) in [6, 6.07) is 5.47. The third-order valence-electron chi connectivity index (χ3n) is 3.92. The van der Waals surface area contributed by atoms with Crippen molar-refractivity contribution in [3.63, 3.8) is 0 Å². The first kappa shape index (κ1) is 12.8. The molecule has 0 spiro atoms. The highest BCUT2D eigenvalue weighted by atomic mass is 16.4. The molecular weight excluding hydrogens is 254 g/mol. The quantitative estimate of drug-likeness (QED) is 0.909. The van der Waals surface area contributed by atoms with Crippen LogP contribution in [0.2, 0.25) is 0 Å². The molecule has 3 rings (SSSR count). The molecule has 2 heterocycles. The van der Waals surface area contributed by atoms with Gasteiger partial charge in [-0.2, -0.15) is 0 Å². The number of aromatic carboxylic acids is 1. The molecule has 0 aliphatic carbocycles. The molecule has 2 unspecified atom stereocenters. The van der Waals surface area contributed by atoms with Crippen LogP contribution in [0.1, 0.15) is 30.6 Å². The lowest BCUT2D eigenvalue weighted by Gasteiger charge is -2.23. The number of rotatable bonds is 2. The third-order valence-corrected chi connectivity index (χ3v) is 3.92. The molecule has 1 aromatic heterocycles. The van der Waals surface area contributed by atoms with Crippen molar-refractivity contribution in [3.8, 4) is 0 Å². The fourth-order valence-corrected chi connectivity index (χ4v) is 3.00. The van der Waals surface area contributed by atoms with Crippen molar-refractivity contribution >= 4 is 22.7 Å². The zero-order valence-corrected chi connectivity index (χ0v) is 11.6. The maximum atomic E-state index is 11.0. The summed E-state index contributed by atoms with van der Waals surface area (Å²) >= 11 is 0. The van der Waals surface area contributed by atoms with Crippen molar-refractivity contribution < 1.29 is 9.90 Å². The molecule has 0 saturated carbocycles. The van der Waals surface area contributed by atoms with Crippen LogP contribution in [0, 0.1) is 5.92 Å². The third kappa shape index (κ3) is 2.09. The van der Waals surface area contributed by atoms with Crippen LogP contribution in [-0.4, -0.2) is 33.6 Å². The number of hydrogen-bond acceptors (Lipinski definition) is 4. The lowest BCUT2D eigenvalue weighted by Crippen LogP contribution is -2.27. The van der Waals surface area contributed by atoms with Crippen LogP contribution in [0.5, 0.6) is 0 Å². The Morgan fingerprint density at radius 2 is 2.15 bits per heavy atom. The standard InChI is InChI=1S/C15H17N3O2/c1-9-5-10(2)18(7-9)14-12-4-3-11(15(19)20)6-13(12)16-8-17-14/h3-4,6,8-10H,5,7H2,1-2H3,(H,19,20). The van der Waals surface area contributed by atoms with Gasteiger partial charge in [0.15, 0.2) is 0 Å². The van der Waals surface area contributed by atoms with Crippen LogP contribution in [0.3, 0.4) is 0 Å². The van der Waals surface area contributed by atoms with Gasteiger partial charge in [0.2, 0.25) is 0 Å². The van der Waals surface area contributed by atoms with E-state index in [0.717, 1.165) is 24.2 Å². The maximum absolute atomic E-state index is 11.0. The molecule has 2 atom stereocenters. The molecule has 5 heteroatoms. The summed E-state index contributed by atoms with van der Waals surface area (Å²) in [6.45, 7) is 5.42. The normalized spacial score (nSPS) is 22.4. The van der Waals surface area contributed by atoms with E-state index in [-0.39, 0.29) is 5.56 Å². The lowest BCUT2D eigenvalue weighted by atomic mass is 10.1. The monoisotopic (exact) mass is 271 g/mol. The minimum atomic E-state index is -0.935. The van der Waals surface area contributed by atoms with Gasteiger partial charge < -0.3 is 10.0 Å². The van der Waals surface area contributed by atoms with Crippen molar-refractivity contribution in [1.29, 1.82) is 0 Å². The second-order valence-electron chi connectivity index (χ2n) is 5.58. The molecule has 0 amide bonds. The van der Waals surface area contributed by atoms with Gasteiger partial charge in [0, 0.05) is 18.0 Å². The maximum Gasteiger partial charge on any atom is 0.335 e. The fraction of sp³-hybridized carbons (Fsp3) is 0.400. The molecule has 1 saturated heterocycles. The van der Waals surface area contributed by atoms with Crippen molar-refractivity contribution in [3.05, 3.63) is 30.1 Å². The predicted molar refractivity (Wildman–Crippen MR) is 77.1 cm³/mol. The summed E-state index contributed by atoms with van der Waals surface area (Å²) in [7, 11) is 0. The minimum absolute atomic E-state index is 0.255. The van der Waals surface area contributed by atoms with Gasteiger partial charge >= 0.3 is 5.97 Å². The average Bonchev–Trinajstić information content (AvgIpc) is 2.76. The molecule has 0 radical (unpaired) electrons. The first-order valence-electron chi connectivity index (χ1n) is 6.81. The Morgan fingerprint density at radius 1 is 1.35 bits per heavy atom. The van der Waals surface area contributed by atoms with E-state index in [2.05, 4.69) is 28.7 Å². The molecule has 1 aliphatic heterocycles. The molecule has 1 N–H and O–H groups in total. The second kappa shape index (κ2) is 4.74. The smallest absolute Gasteiger partial charge is 0.335 e. The number of aromatic nitrogens is 2. The van der Waals surface area contributed by atoms with Crippen molar-refractivity contribution in [2.45, 2.75) is 26.3 Å². The molecule has 104 valence electrons. The Morgan fingerprint density at radius 3 is 2.80 bits per heavy atom. The lowest BCUT2D eigenvalue weighted by molar-refractivity contribution is 0.0697. The number of fused-ring (bicyclic) bond motifs is 1. The minimum Gasteiger partial charge on any atom is -0.478 e. The Labute approximate surface area is 117 Å². The van der Waals surface area contributed by atoms with Gasteiger partial charge in [0.25, 0.3) is 0 Å². The summed E-state index contributed by atoms with van der Waals surface area (Å²) in [5, 5.41) is 9.96. The highest BCUT2D eigenvalue weighted by Gasteiger charge is 2.28. The van der Waals surface area contributed by atoms with Crippen LogP contribution < -0.4 is 4.90 Å². The molecule has 1 fully saturated rings.